The zero-order valence-electron chi connectivity index (χ0n) is 13.9. The summed E-state index contributed by atoms with van der Waals surface area (Å²) in [4.78, 5) is 25.9. The number of aromatic nitrogens is 2. The van der Waals surface area contributed by atoms with Crippen molar-refractivity contribution in [1.29, 1.82) is 0 Å². The van der Waals surface area contributed by atoms with E-state index in [-0.39, 0.29) is 16.9 Å². The van der Waals surface area contributed by atoms with Gasteiger partial charge in [0.1, 0.15) is 5.56 Å². The highest BCUT2D eigenvalue weighted by atomic mass is 35.5. The number of nitrogens with zero attached hydrogens (tertiary/aromatic N) is 2. The second kappa shape index (κ2) is 5.84. The van der Waals surface area contributed by atoms with E-state index in [9.17, 15) is 9.59 Å². The van der Waals surface area contributed by atoms with Gasteiger partial charge in [-0.2, -0.15) is 0 Å². The van der Waals surface area contributed by atoms with Gasteiger partial charge >= 0.3 is 0 Å². The zero-order valence-corrected chi connectivity index (χ0v) is 15.5. The molecule has 4 nitrogen and oxygen atoms in total. The van der Waals surface area contributed by atoms with Crippen molar-refractivity contribution in [2.45, 2.75) is 6.54 Å². The third kappa shape index (κ3) is 2.24. The van der Waals surface area contributed by atoms with Crippen molar-refractivity contribution in [3.05, 3.63) is 92.2 Å². The first-order valence-corrected chi connectivity index (χ1v) is 9.14. The van der Waals surface area contributed by atoms with E-state index in [1.807, 2.05) is 22.8 Å². The Balaban J connectivity index is 1.91. The van der Waals surface area contributed by atoms with Gasteiger partial charge in [0.25, 0.3) is 5.91 Å². The van der Waals surface area contributed by atoms with E-state index in [1.54, 1.807) is 42.6 Å². The van der Waals surface area contributed by atoms with Crippen molar-refractivity contribution < 1.29 is 4.79 Å². The zero-order chi connectivity index (χ0) is 18.7. The Labute approximate surface area is 164 Å². The van der Waals surface area contributed by atoms with Crippen LogP contribution in [-0.2, 0) is 6.54 Å². The van der Waals surface area contributed by atoms with Crippen LogP contribution in [0.15, 0.2) is 65.6 Å². The molecule has 4 aromatic rings. The average Bonchev–Trinajstić information content (AvgIpc) is 3.24. The van der Waals surface area contributed by atoms with Crippen LogP contribution in [0.4, 0.5) is 0 Å². The number of hydrogen-bond acceptors (Lipinski definition) is 2. The lowest BCUT2D eigenvalue weighted by molar-refractivity contribution is 0.0968. The van der Waals surface area contributed by atoms with Crippen LogP contribution in [-0.4, -0.2) is 15.0 Å². The van der Waals surface area contributed by atoms with Gasteiger partial charge in [-0.25, -0.2) is 0 Å². The molecule has 0 saturated carbocycles. The third-order valence-corrected chi connectivity index (χ3v) is 5.68. The van der Waals surface area contributed by atoms with Crippen molar-refractivity contribution in [3.63, 3.8) is 0 Å². The summed E-state index contributed by atoms with van der Waals surface area (Å²) in [5.41, 5.74) is 2.71. The standard InChI is InChI=1S/C21H12Cl2N2O2/c22-14-6-3-7-15(23)13(14)11-25-16-8-2-1-5-12(16)20(26)18-19(25)17-9-4-10-24(17)21(18)27/h1-10H,11H2. The van der Waals surface area contributed by atoms with Crippen LogP contribution in [0.3, 0.4) is 0 Å². The molecule has 0 spiro atoms. The van der Waals surface area contributed by atoms with E-state index in [4.69, 9.17) is 23.2 Å². The predicted molar refractivity (Wildman–Crippen MR) is 107 cm³/mol. The predicted octanol–water partition coefficient (Wildman–Crippen LogP) is 4.83. The maximum atomic E-state index is 13.0. The van der Waals surface area contributed by atoms with Gasteiger partial charge in [0.2, 0.25) is 5.43 Å². The second-order valence-corrected chi connectivity index (χ2v) is 7.24. The molecule has 0 fully saturated rings. The minimum atomic E-state index is -0.306. The van der Waals surface area contributed by atoms with Gasteiger partial charge < -0.3 is 4.57 Å². The van der Waals surface area contributed by atoms with Crippen molar-refractivity contribution in [3.8, 4) is 11.4 Å². The van der Waals surface area contributed by atoms with Gasteiger partial charge in [-0.3, -0.25) is 14.2 Å². The molecule has 0 aliphatic carbocycles. The summed E-state index contributed by atoms with van der Waals surface area (Å²) in [5, 5.41) is 1.58. The molecule has 27 heavy (non-hydrogen) atoms. The minimum Gasteiger partial charge on any atom is -0.334 e. The number of carbonyl (C=O) groups is 1. The molecule has 2 aromatic carbocycles. The highest BCUT2D eigenvalue weighted by molar-refractivity contribution is 6.36. The first-order valence-electron chi connectivity index (χ1n) is 8.39. The van der Waals surface area contributed by atoms with E-state index in [1.165, 1.54) is 4.57 Å². The molecule has 6 heteroatoms. The summed E-state index contributed by atoms with van der Waals surface area (Å²) in [6.07, 6.45) is 1.68. The average molecular weight is 395 g/mol. The van der Waals surface area contributed by atoms with Crippen LogP contribution in [0.1, 0.15) is 15.9 Å². The van der Waals surface area contributed by atoms with Gasteiger partial charge in [0, 0.05) is 27.2 Å². The summed E-state index contributed by atoms with van der Waals surface area (Å²) in [7, 11) is 0. The first-order chi connectivity index (χ1) is 13.1. The summed E-state index contributed by atoms with van der Waals surface area (Å²) in [6.45, 7) is 0.347. The number of hydrogen-bond donors (Lipinski definition) is 0. The molecule has 5 rings (SSSR count). The third-order valence-electron chi connectivity index (χ3n) is 4.98. The SMILES string of the molecule is O=C1c2c(n(Cc3c(Cl)cccc3Cl)c3ccccc3c2=O)-c2cccn21. The maximum absolute atomic E-state index is 13.0. The quantitative estimate of drug-likeness (QED) is 0.430. The fourth-order valence-electron chi connectivity index (χ4n) is 3.74. The van der Waals surface area contributed by atoms with E-state index in [2.05, 4.69) is 0 Å². The highest BCUT2D eigenvalue weighted by Gasteiger charge is 2.33. The van der Waals surface area contributed by atoms with E-state index < -0.39 is 0 Å². The van der Waals surface area contributed by atoms with Crippen LogP contribution in [0.2, 0.25) is 10.0 Å². The molecule has 0 unspecified atom stereocenters. The lowest BCUT2D eigenvalue weighted by atomic mass is 10.1. The van der Waals surface area contributed by atoms with Gasteiger partial charge in [-0.1, -0.05) is 41.4 Å². The fourth-order valence-corrected chi connectivity index (χ4v) is 4.26. The number of fused-ring (bicyclic) bond motifs is 4. The minimum absolute atomic E-state index is 0.187. The van der Waals surface area contributed by atoms with Crippen LogP contribution >= 0.6 is 23.2 Å². The number of carbonyl (C=O) groups excluding carboxylic acids is 1. The number of para-hydroxylation sites is 1. The molecule has 2 aromatic heterocycles. The summed E-state index contributed by atoms with van der Waals surface area (Å²) in [5.74, 6) is -0.306. The molecule has 0 saturated heterocycles. The Morgan fingerprint density at radius 3 is 2.37 bits per heavy atom. The van der Waals surface area contributed by atoms with Gasteiger partial charge in [-0.05, 0) is 36.4 Å². The molecule has 1 aliphatic rings. The van der Waals surface area contributed by atoms with Crippen LogP contribution in [0.25, 0.3) is 22.3 Å². The maximum Gasteiger partial charge on any atom is 0.268 e. The largest absolute Gasteiger partial charge is 0.334 e. The van der Waals surface area contributed by atoms with E-state index in [0.29, 0.717) is 33.4 Å². The molecule has 0 atom stereocenters. The van der Waals surface area contributed by atoms with Crippen molar-refractivity contribution in [1.82, 2.24) is 9.13 Å². The number of halogens is 2. The van der Waals surface area contributed by atoms with Crippen molar-refractivity contribution >= 4 is 40.0 Å². The van der Waals surface area contributed by atoms with Gasteiger partial charge in [0.05, 0.1) is 23.4 Å². The van der Waals surface area contributed by atoms with E-state index in [0.717, 1.165) is 11.1 Å². The Kier molecular flexibility index (Phi) is 3.54. The topological polar surface area (TPSA) is 44.0 Å². The molecular formula is C21H12Cl2N2O2. The van der Waals surface area contributed by atoms with Crippen LogP contribution < -0.4 is 5.43 Å². The lowest BCUT2D eigenvalue weighted by Crippen LogP contribution is -2.20. The monoisotopic (exact) mass is 394 g/mol. The van der Waals surface area contributed by atoms with Crippen LogP contribution in [0.5, 0.6) is 0 Å². The smallest absolute Gasteiger partial charge is 0.268 e. The first kappa shape index (κ1) is 16.4. The Bertz CT molecular complexity index is 1300. The summed E-state index contributed by atoms with van der Waals surface area (Å²) < 4.78 is 3.46. The molecular weight excluding hydrogens is 383 g/mol. The van der Waals surface area contributed by atoms with Gasteiger partial charge in [-0.15, -0.1) is 0 Å². The Morgan fingerprint density at radius 1 is 0.852 bits per heavy atom. The molecule has 0 radical (unpaired) electrons. The molecule has 1 aliphatic heterocycles. The second-order valence-electron chi connectivity index (χ2n) is 6.42. The molecule has 0 bridgehead atoms. The van der Waals surface area contributed by atoms with Gasteiger partial charge in [0.15, 0.2) is 0 Å². The number of pyridine rings is 1. The van der Waals surface area contributed by atoms with E-state index >= 15 is 0 Å². The lowest BCUT2D eigenvalue weighted by Gasteiger charge is -2.17. The molecule has 3 heterocycles. The Hall–Kier alpha value is -2.82. The Morgan fingerprint density at radius 2 is 1.59 bits per heavy atom. The fraction of sp³-hybridized carbons (Fsp3) is 0.0476. The van der Waals surface area contributed by atoms with Crippen molar-refractivity contribution in [2.75, 3.05) is 0 Å². The number of benzene rings is 2. The summed E-state index contributed by atoms with van der Waals surface area (Å²) >= 11 is 12.8. The van der Waals surface area contributed by atoms with Crippen LogP contribution in [0, 0.1) is 0 Å². The molecule has 0 amide bonds. The molecule has 132 valence electrons. The highest BCUT2D eigenvalue weighted by Crippen LogP contribution is 2.35. The number of rotatable bonds is 2. The molecule has 0 N–H and O–H groups in total. The summed E-state index contributed by atoms with van der Waals surface area (Å²) in [6, 6.07) is 16.3. The van der Waals surface area contributed by atoms with Crippen molar-refractivity contribution in [2.24, 2.45) is 0 Å². The normalized spacial score (nSPS) is 12.4.